The number of amides is 1. The van der Waals surface area contributed by atoms with Crippen molar-refractivity contribution in [1.29, 1.82) is 0 Å². The smallest absolute Gasteiger partial charge is 0.436 e. The third-order valence-electron chi connectivity index (χ3n) is 7.95. The largest absolute Gasteiger partial charge is 0.484 e. The molecule has 5 aromatic rings. The topological polar surface area (TPSA) is 158 Å². The first-order valence-electron chi connectivity index (χ1n) is 15.6. The van der Waals surface area contributed by atoms with Gasteiger partial charge in [0.1, 0.15) is 22.1 Å². The molecule has 0 atom stereocenters. The van der Waals surface area contributed by atoms with Crippen molar-refractivity contribution >= 4 is 32.6 Å². The molecule has 1 amide bonds. The van der Waals surface area contributed by atoms with Gasteiger partial charge < -0.3 is 24.7 Å². The van der Waals surface area contributed by atoms with E-state index >= 15 is 0 Å². The number of rotatable bonds is 8. The summed E-state index contributed by atoms with van der Waals surface area (Å²) in [6.07, 6.45) is -7.17. The molecule has 20 heteroatoms. The summed E-state index contributed by atoms with van der Waals surface area (Å²) in [6, 6.07) is 17.5. The van der Waals surface area contributed by atoms with Crippen LogP contribution in [-0.4, -0.2) is 87.0 Å². The van der Waals surface area contributed by atoms with Crippen molar-refractivity contribution in [2.75, 3.05) is 38.5 Å². The Labute approximate surface area is 298 Å². The minimum atomic E-state index is -4.91. The molecule has 3 aromatic heterocycles. The summed E-state index contributed by atoms with van der Waals surface area (Å²) in [7, 11) is -1.92. The zero-order chi connectivity index (χ0) is 38.7. The highest BCUT2D eigenvalue weighted by Gasteiger charge is 2.40. The van der Waals surface area contributed by atoms with Crippen molar-refractivity contribution in [2.45, 2.75) is 23.8 Å². The molecule has 0 spiro atoms. The number of alkyl halides is 6. The highest BCUT2D eigenvalue weighted by Crippen LogP contribution is 2.32. The number of fused-ring (bicyclic) bond motifs is 1. The van der Waals surface area contributed by atoms with Gasteiger partial charge in [0.25, 0.3) is 16.0 Å². The molecule has 1 saturated heterocycles. The molecule has 0 unspecified atom stereocenters. The molecular formula is C33H33F6N7O6S. The lowest BCUT2D eigenvalue weighted by Gasteiger charge is -2.34. The van der Waals surface area contributed by atoms with Gasteiger partial charge in [-0.1, -0.05) is 12.1 Å². The van der Waals surface area contributed by atoms with E-state index in [1.54, 1.807) is 36.4 Å². The summed E-state index contributed by atoms with van der Waals surface area (Å²) in [5.41, 5.74) is 7.04. The quantitative estimate of drug-likeness (QED) is 0.152. The minimum Gasteiger partial charge on any atom is -0.484 e. The van der Waals surface area contributed by atoms with Crippen LogP contribution in [0.2, 0.25) is 0 Å². The number of benzene rings is 2. The van der Waals surface area contributed by atoms with Gasteiger partial charge in [-0.25, -0.2) is 4.98 Å². The first-order chi connectivity index (χ1) is 24.8. The normalized spacial score (nSPS) is 14.2. The molecule has 0 bridgehead atoms. The Balaban J connectivity index is 0.000000326. The number of ether oxygens (including phenoxy) is 2. The number of hydrogen-bond donors (Lipinski definition) is 2. The second-order valence-corrected chi connectivity index (χ2v) is 13.3. The molecule has 1 aliphatic heterocycles. The van der Waals surface area contributed by atoms with Crippen LogP contribution >= 0.6 is 0 Å². The number of hydrogen-bond acceptors (Lipinski definition) is 9. The molecule has 0 saturated carbocycles. The van der Waals surface area contributed by atoms with E-state index in [2.05, 4.69) is 15.0 Å². The predicted octanol–water partition coefficient (Wildman–Crippen LogP) is 5.53. The van der Waals surface area contributed by atoms with Crippen molar-refractivity contribution in [3.63, 3.8) is 0 Å². The summed E-state index contributed by atoms with van der Waals surface area (Å²) in [5, 5.41) is 3.83. The third kappa shape index (κ3) is 10.2. The maximum absolute atomic E-state index is 13.4. The number of aryl methyl sites for hydroxylation is 2. The number of pyridine rings is 1. The molecule has 4 heterocycles. The van der Waals surface area contributed by atoms with Crippen LogP contribution in [0.15, 0.2) is 78.0 Å². The number of nitrogens with zero attached hydrogens (tertiary/aromatic N) is 6. The van der Waals surface area contributed by atoms with E-state index in [1.165, 1.54) is 6.20 Å². The number of aromatic nitrogens is 4. The Bertz CT molecular complexity index is 2160. The van der Waals surface area contributed by atoms with Crippen LogP contribution in [-0.2, 0) is 36.9 Å². The van der Waals surface area contributed by atoms with Gasteiger partial charge >= 0.3 is 12.4 Å². The second kappa shape index (κ2) is 15.3. The SMILES string of the molecule is Cn1c(C(=O)N2CCN(Cc3ccc(OCC(F)(F)F)cc3)CC2)cc2ccc(Oc3ccc(N)cn3)cc21.Cn1cc(S(=O)(=O)O)c(C(F)(F)F)n1. The predicted molar refractivity (Wildman–Crippen MR) is 179 cm³/mol. The zero-order valence-electron chi connectivity index (χ0n) is 28.1. The van der Waals surface area contributed by atoms with Crippen LogP contribution in [0, 0.1) is 0 Å². The molecule has 0 radical (unpaired) electrons. The van der Waals surface area contributed by atoms with Gasteiger partial charge in [-0.2, -0.15) is 39.9 Å². The Kier molecular flexibility index (Phi) is 11.2. The molecule has 1 fully saturated rings. The summed E-state index contributed by atoms with van der Waals surface area (Å²) in [6.45, 7) is 1.86. The second-order valence-electron chi connectivity index (χ2n) is 11.9. The van der Waals surface area contributed by atoms with E-state index < -0.39 is 39.7 Å². The highest BCUT2D eigenvalue weighted by atomic mass is 32.2. The van der Waals surface area contributed by atoms with Crippen LogP contribution < -0.4 is 15.2 Å². The van der Waals surface area contributed by atoms with E-state index in [4.69, 9.17) is 19.8 Å². The summed E-state index contributed by atoms with van der Waals surface area (Å²) < 4.78 is 116. The van der Waals surface area contributed by atoms with E-state index in [-0.39, 0.29) is 11.7 Å². The Morgan fingerprint density at radius 2 is 1.58 bits per heavy atom. The number of halogens is 6. The fourth-order valence-electron chi connectivity index (χ4n) is 5.39. The summed E-state index contributed by atoms with van der Waals surface area (Å²) in [4.78, 5) is 20.3. The minimum absolute atomic E-state index is 0.0396. The van der Waals surface area contributed by atoms with Gasteiger partial charge in [-0.3, -0.25) is 18.9 Å². The fourth-order valence-corrected chi connectivity index (χ4v) is 6.08. The van der Waals surface area contributed by atoms with Crippen molar-refractivity contribution < 1.29 is 53.6 Å². The molecule has 1 aliphatic rings. The van der Waals surface area contributed by atoms with Gasteiger partial charge in [-0.15, -0.1) is 0 Å². The number of carbonyl (C=O) groups excluding carboxylic acids is 1. The van der Waals surface area contributed by atoms with E-state index in [0.29, 0.717) is 66.6 Å². The van der Waals surface area contributed by atoms with Crippen LogP contribution in [0.3, 0.4) is 0 Å². The monoisotopic (exact) mass is 769 g/mol. The van der Waals surface area contributed by atoms with Crippen LogP contribution in [0.25, 0.3) is 10.9 Å². The van der Waals surface area contributed by atoms with Crippen LogP contribution in [0.1, 0.15) is 21.7 Å². The number of nitrogens with two attached hydrogens (primary N) is 1. The lowest BCUT2D eigenvalue weighted by molar-refractivity contribution is -0.153. The van der Waals surface area contributed by atoms with Crippen molar-refractivity contribution in [2.24, 2.45) is 14.1 Å². The van der Waals surface area contributed by atoms with E-state index in [9.17, 15) is 39.6 Å². The van der Waals surface area contributed by atoms with Gasteiger partial charge in [-0.05, 0) is 42.0 Å². The Morgan fingerprint density at radius 1 is 0.925 bits per heavy atom. The molecular weight excluding hydrogens is 736 g/mol. The summed E-state index contributed by atoms with van der Waals surface area (Å²) >= 11 is 0. The molecule has 53 heavy (non-hydrogen) atoms. The Morgan fingerprint density at radius 3 is 2.15 bits per heavy atom. The van der Waals surface area contributed by atoms with E-state index in [1.807, 2.05) is 40.8 Å². The van der Waals surface area contributed by atoms with Crippen LogP contribution in [0.4, 0.5) is 32.0 Å². The van der Waals surface area contributed by atoms with Crippen LogP contribution in [0.5, 0.6) is 17.4 Å². The lowest BCUT2D eigenvalue weighted by atomic mass is 10.2. The standard InChI is InChI=1S/C28H28F3N5O3.C5H5F3N2O3S/c1-34-24-15-23(39-26-9-5-21(32)16-33-26)8-4-20(24)14-25(34)27(37)36-12-10-35(11-13-36)17-19-2-6-22(7-3-19)38-18-28(29,30)31;1-10-2-3(14(11,12)13)4(9-10)5(6,7)8/h2-9,14-16H,10-13,17-18,32H2,1H3;2H,1H3,(H,11,12,13). The van der Waals surface area contributed by atoms with Gasteiger partial charge in [0, 0.05) is 70.5 Å². The zero-order valence-corrected chi connectivity index (χ0v) is 28.9. The first kappa shape index (κ1) is 38.9. The van der Waals surface area contributed by atoms with Gasteiger partial charge in [0.2, 0.25) is 5.88 Å². The average molecular weight is 770 g/mol. The number of nitrogen functional groups attached to an aromatic ring is 1. The van der Waals surface area contributed by atoms with Gasteiger partial charge in [0.05, 0.1) is 17.4 Å². The maximum Gasteiger partial charge on any atom is 0.436 e. The third-order valence-corrected chi connectivity index (χ3v) is 8.81. The fraction of sp³-hybridized carbons (Fsp3) is 0.303. The molecule has 6 rings (SSSR count). The Hall–Kier alpha value is -5.34. The van der Waals surface area contributed by atoms with Crippen molar-refractivity contribution in [3.8, 4) is 17.4 Å². The van der Waals surface area contributed by atoms with Gasteiger partial charge in [0.15, 0.2) is 12.3 Å². The molecule has 13 nitrogen and oxygen atoms in total. The molecule has 284 valence electrons. The molecule has 0 aliphatic carbocycles. The molecule has 3 N–H and O–H groups in total. The lowest BCUT2D eigenvalue weighted by Crippen LogP contribution is -2.48. The maximum atomic E-state index is 13.4. The molecule has 2 aromatic carbocycles. The van der Waals surface area contributed by atoms with Crippen molar-refractivity contribution in [1.82, 2.24) is 29.1 Å². The highest BCUT2D eigenvalue weighted by molar-refractivity contribution is 7.85. The average Bonchev–Trinajstić information content (AvgIpc) is 3.66. The van der Waals surface area contributed by atoms with E-state index in [0.717, 1.165) is 23.5 Å². The van der Waals surface area contributed by atoms with Crippen molar-refractivity contribution in [3.05, 3.63) is 90.0 Å². The number of anilines is 1. The summed E-state index contributed by atoms with van der Waals surface area (Å²) in [5.74, 6) is 1.18. The first-order valence-corrected chi connectivity index (χ1v) is 17.1. The number of carbonyl (C=O) groups is 1. The number of piperazine rings is 1.